The third-order valence-corrected chi connectivity index (χ3v) is 5.99. The van der Waals surface area contributed by atoms with Crippen molar-refractivity contribution in [2.75, 3.05) is 11.1 Å². The van der Waals surface area contributed by atoms with Crippen LogP contribution in [0.25, 0.3) is 11.3 Å². The largest absolute Gasteiger partial charge is 0.417 e. The molecular weight excluding hydrogens is 461 g/mol. The molecule has 2 N–H and O–H groups in total. The molecule has 0 aliphatic carbocycles. The van der Waals surface area contributed by atoms with E-state index in [1.54, 1.807) is 0 Å². The molecule has 0 radical (unpaired) electrons. The molecule has 0 saturated heterocycles. The molecule has 2 amide bonds. The van der Waals surface area contributed by atoms with Gasteiger partial charge >= 0.3 is 6.18 Å². The minimum Gasteiger partial charge on any atom is -0.350 e. The lowest BCUT2D eigenvalue weighted by molar-refractivity contribution is -0.138. The van der Waals surface area contributed by atoms with Gasteiger partial charge in [0.05, 0.1) is 28.1 Å². The number of nitrogens with zero attached hydrogens (tertiary/aromatic N) is 2. The van der Waals surface area contributed by atoms with Crippen LogP contribution in [0, 0.1) is 0 Å². The van der Waals surface area contributed by atoms with Crippen LogP contribution in [0.1, 0.15) is 31.0 Å². The van der Waals surface area contributed by atoms with Gasteiger partial charge < -0.3 is 10.6 Å². The van der Waals surface area contributed by atoms with Crippen molar-refractivity contribution in [3.63, 3.8) is 0 Å². The number of carbonyl (C=O) groups is 2. The van der Waals surface area contributed by atoms with E-state index in [0.717, 1.165) is 35.2 Å². The summed E-state index contributed by atoms with van der Waals surface area (Å²) in [5.41, 5.74) is 1.69. The van der Waals surface area contributed by atoms with E-state index < -0.39 is 11.7 Å². The van der Waals surface area contributed by atoms with Gasteiger partial charge in [0.15, 0.2) is 5.13 Å². The lowest BCUT2D eigenvalue weighted by atomic mass is 10.1. The van der Waals surface area contributed by atoms with Crippen LogP contribution in [0.2, 0.25) is 0 Å². The van der Waals surface area contributed by atoms with Gasteiger partial charge in [-0.2, -0.15) is 13.2 Å². The number of anilines is 1. The Morgan fingerprint density at radius 1 is 1.16 bits per heavy atom. The summed E-state index contributed by atoms with van der Waals surface area (Å²) in [6.07, 6.45) is -3.70. The smallest absolute Gasteiger partial charge is 0.350 e. The maximum atomic E-state index is 12.6. The second-order valence-corrected chi connectivity index (χ2v) is 8.66. The SMILES string of the molecule is CC(=O)NC(C)c1ccc(-c2csc(NC(=O)CSc3ccc(C(F)(F)F)cn3)n2)cc1. The van der Waals surface area contributed by atoms with Gasteiger partial charge in [-0.3, -0.25) is 9.59 Å². The Balaban J connectivity index is 1.54. The first-order chi connectivity index (χ1) is 15.1. The predicted molar refractivity (Wildman–Crippen MR) is 118 cm³/mol. The molecule has 168 valence electrons. The number of thiazole rings is 1. The van der Waals surface area contributed by atoms with Gasteiger partial charge in [0.1, 0.15) is 0 Å². The normalized spacial score (nSPS) is 12.3. The summed E-state index contributed by atoms with van der Waals surface area (Å²) in [6.45, 7) is 3.36. The number of hydrogen-bond donors (Lipinski definition) is 2. The molecule has 6 nitrogen and oxygen atoms in total. The topological polar surface area (TPSA) is 84.0 Å². The van der Waals surface area contributed by atoms with Gasteiger partial charge in [-0.25, -0.2) is 9.97 Å². The zero-order valence-corrected chi connectivity index (χ0v) is 18.7. The summed E-state index contributed by atoms with van der Waals surface area (Å²) >= 11 is 2.30. The fourth-order valence-electron chi connectivity index (χ4n) is 2.72. The molecule has 3 aromatic rings. The van der Waals surface area contributed by atoms with Crippen LogP contribution in [0.15, 0.2) is 53.0 Å². The zero-order valence-electron chi connectivity index (χ0n) is 17.1. The molecule has 0 saturated carbocycles. The van der Waals surface area contributed by atoms with E-state index in [-0.39, 0.29) is 23.6 Å². The highest BCUT2D eigenvalue weighted by Gasteiger charge is 2.30. The van der Waals surface area contributed by atoms with E-state index in [1.165, 1.54) is 24.3 Å². The van der Waals surface area contributed by atoms with Crippen molar-refractivity contribution in [3.8, 4) is 11.3 Å². The summed E-state index contributed by atoms with van der Waals surface area (Å²) in [7, 11) is 0. The van der Waals surface area contributed by atoms with Gasteiger partial charge in [0.25, 0.3) is 0 Å². The van der Waals surface area contributed by atoms with E-state index in [1.807, 2.05) is 36.6 Å². The van der Waals surface area contributed by atoms with Crippen LogP contribution in [0.5, 0.6) is 0 Å². The Hall–Kier alpha value is -2.92. The Morgan fingerprint density at radius 3 is 2.47 bits per heavy atom. The molecule has 0 aliphatic heterocycles. The van der Waals surface area contributed by atoms with Crippen molar-refractivity contribution in [2.24, 2.45) is 0 Å². The van der Waals surface area contributed by atoms with Crippen molar-refractivity contribution in [2.45, 2.75) is 31.1 Å². The molecule has 3 rings (SSSR count). The standard InChI is InChI=1S/C21H19F3N4O2S2/c1-12(26-13(2)29)14-3-5-15(6-4-14)17-10-32-20(27-17)28-18(30)11-31-19-8-7-16(9-25-19)21(22,23)24/h3-10,12H,11H2,1-2H3,(H,26,29)(H,27,28,30). The number of amides is 2. The monoisotopic (exact) mass is 480 g/mol. The number of alkyl halides is 3. The van der Waals surface area contributed by atoms with Gasteiger partial charge in [-0.1, -0.05) is 36.0 Å². The number of thioether (sulfide) groups is 1. The number of hydrogen-bond acceptors (Lipinski definition) is 6. The number of benzene rings is 1. The maximum Gasteiger partial charge on any atom is 0.417 e. The molecule has 1 atom stereocenters. The molecular formula is C21H19F3N4O2S2. The summed E-state index contributed by atoms with van der Waals surface area (Å²) in [5.74, 6) is -0.450. The van der Waals surface area contributed by atoms with E-state index >= 15 is 0 Å². The highest BCUT2D eigenvalue weighted by Crippen LogP contribution is 2.30. The second kappa shape index (κ2) is 10.1. The molecule has 1 unspecified atom stereocenters. The van der Waals surface area contributed by atoms with Crippen molar-refractivity contribution < 1.29 is 22.8 Å². The summed E-state index contributed by atoms with van der Waals surface area (Å²) < 4.78 is 37.7. The number of halogens is 3. The summed E-state index contributed by atoms with van der Waals surface area (Å²) in [4.78, 5) is 31.5. The van der Waals surface area contributed by atoms with Crippen LogP contribution >= 0.6 is 23.1 Å². The molecule has 2 aromatic heterocycles. The molecule has 0 aliphatic rings. The highest BCUT2D eigenvalue weighted by molar-refractivity contribution is 7.99. The fraction of sp³-hybridized carbons (Fsp3) is 0.238. The van der Waals surface area contributed by atoms with Gasteiger partial charge in [-0.15, -0.1) is 11.3 Å². The number of pyridine rings is 1. The average Bonchev–Trinajstić information content (AvgIpc) is 3.20. The second-order valence-electron chi connectivity index (χ2n) is 6.80. The Bertz CT molecular complexity index is 1080. The minimum atomic E-state index is -4.44. The van der Waals surface area contributed by atoms with E-state index in [2.05, 4.69) is 20.6 Å². The van der Waals surface area contributed by atoms with Gasteiger partial charge in [0.2, 0.25) is 11.8 Å². The maximum absolute atomic E-state index is 12.6. The Morgan fingerprint density at radius 2 is 1.88 bits per heavy atom. The van der Waals surface area contributed by atoms with Crippen LogP contribution in [0.3, 0.4) is 0 Å². The highest BCUT2D eigenvalue weighted by atomic mass is 32.2. The average molecular weight is 481 g/mol. The molecule has 32 heavy (non-hydrogen) atoms. The van der Waals surface area contributed by atoms with Crippen molar-refractivity contribution in [3.05, 3.63) is 59.1 Å². The van der Waals surface area contributed by atoms with E-state index in [0.29, 0.717) is 15.9 Å². The molecule has 0 bridgehead atoms. The Labute approximate surface area is 190 Å². The number of rotatable bonds is 7. The molecule has 1 aromatic carbocycles. The van der Waals surface area contributed by atoms with Crippen LogP contribution in [0.4, 0.5) is 18.3 Å². The van der Waals surface area contributed by atoms with Crippen LogP contribution < -0.4 is 10.6 Å². The first kappa shape index (κ1) is 23.7. The first-order valence-electron chi connectivity index (χ1n) is 9.40. The van der Waals surface area contributed by atoms with Crippen LogP contribution in [-0.2, 0) is 15.8 Å². The summed E-state index contributed by atoms with van der Waals surface area (Å²) in [6, 6.07) is 9.65. The minimum absolute atomic E-state index is 0.0109. The van der Waals surface area contributed by atoms with Crippen molar-refractivity contribution in [1.82, 2.24) is 15.3 Å². The number of nitrogens with one attached hydrogen (secondary N) is 2. The van der Waals surface area contributed by atoms with E-state index in [4.69, 9.17) is 0 Å². The molecule has 0 fully saturated rings. The lowest BCUT2D eigenvalue weighted by Gasteiger charge is -2.13. The number of aromatic nitrogens is 2. The third kappa shape index (κ3) is 6.54. The van der Waals surface area contributed by atoms with Crippen LogP contribution in [-0.4, -0.2) is 27.5 Å². The molecule has 11 heteroatoms. The van der Waals surface area contributed by atoms with Crippen molar-refractivity contribution >= 4 is 40.0 Å². The lowest BCUT2D eigenvalue weighted by Crippen LogP contribution is -2.23. The zero-order chi connectivity index (χ0) is 23.3. The number of carbonyl (C=O) groups excluding carboxylic acids is 2. The summed E-state index contributed by atoms with van der Waals surface area (Å²) in [5, 5.41) is 8.05. The van der Waals surface area contributed by atoms with E-state index in [9.17, 15) is 22.8 Å². The van der Waals surface area contributed by atoms with Crippen molar-refractivity contribution in [1.29, 1.82) is 0 Å². The van der Waals surface area contributed by atoms with Gasteiger partial charge in [0, 0.05) is 24.1 Å². The quantitative estimate of drug-likeness (QED) is 0.457. The Kier molecular flexibility index (Phi) is 7.52. The predicted octanol–water partition coefficient (Wildman–Crippen LogP) is 5.15. The van der Waals surface area contributed by atoms with Gasteiger partial charge in [-0.05, 0) is 24.6 Å². The third-order valence-electron chi connectivity index (χ3n) is 4.29. The first-order valence-corrected chi connectivity index (χ1v) is 11.3. The fourth-order valence-corrected chi connectivity index (χ4v) is 4.10. The molecule has 2 heterocycles. The molecule has 0 spiro atoms.